The summed E-state index contributed by atoms with van der Waals surface area (Å²) in [6.07, 6.45) is 2.84. The average molecular weight is 779 g/mol. The zero-order chi connectivity index (χ0) is 39.4. The summed E-state index contributed by atoms with van der Waals surface area (Å²) in [4.78, 5) is 30.5. The number of nitrogens with two attached hydrogens (primary N) is 2. The maximum Gasteiger partial charge on any atom is 0.262 e. The van der Waals surface area contributed by atoms with E-state index in [1.54, 1.807) is 70.4 Å². The van der Waals surface area contributed by atoms with Crippen molar-refractivity contribution in [2.45, 2.75) is 57.4 Å². The molecule has 0 amide bonds. The van der Waals surface area contributed by atoms with E-state index in [0.717, 1.165) is 11.1 Å². The van der Waals surface area contributed by atoms with Crippen LogP contribution in [0, 0.1) is 27.7 Å². The summed E-state index contributed by atoms with van der Waals surface area (Å²) in [5.41, 5.74) is 17.2. The van der Waals surface area contributed by atoms with Crippen molar-refractivity contribution < 1.29 is 35.6 Å². The first kappa shape index (κ1) is 39.6. The minimum absolute atomic E-state index is 0.0620. The average Bonchev–Trinajstić information content (AvgIpc) is 3.76. The van der Waals surface area contributed by atoms with Crippen molar-refractivity contribution in [2.24, 2.45) is 0 Å². The Hall–Kier alpha value is -5.64. The molecule has 4 heterocycles. The monoisotopic (exact) mass is 778 g/mol. The van der Waals surface area contributed by atoms with Gasteiger partial charge in [-0.25, -0.2) is 26.8 Å². The Morgan fingerprint density at radius 3 is 1.44 bits per heavy atom. The molecule has 0 aliphatic carbocycles. The first-order valence-corrected chi connectivity index (χ1v) is 19.0. The Labute approximate surface area is 311 Å². The normalized spacial score (nSPS) is 11.8. The van der Waals surface area contributed by atoms with Crippen LogP contribution in [0.1, 0.15) is 36.6 Å². The zero-order valence-electron chi connectivity index (χ0n) is 30.3. The molecule has 4 aromatic heterocycles. The van der Waals surface area contributed by atoms with E-state index < -0.39 is 20.0 Å². The number of hydrogen-bond donors (Lipinski definition) is 4. The highest BCUT2D eigenvalue weighted by Gasteiger charge is 2.20. The van der Waals surface area contributed by atoms with Gasteiger partial charge in [0.05, 0.1) is 34.1 Å². The quantitative estimate of drug-likeness (QED) is 0.132. The van der Waals surface area contributed by atoms with Crippen LogP contribution in [0.25, 0.3) is 45.2 Å². The van der Waals surface area contributed by atoms with Crippen molar-refractivity contribution in [3.05, 3.63) is 83.7 Å². The lowest BCUT2D eigenvalue weighted by Gasteiger charge is -2.13. The Morgan fingerprint density at radius 1 is 0.648 bits per heavy atom. The minimum atomic E-state index is -3.83. The summed E-state index contributed by atoms with van der Waals surface area (Å²) in [6.45, 7) is 10.6. The SMILES string of the molecule is CONS(=O)(=O)c1ccc(C)c(-c2cnc(N)c(-c3nc(C)no3)c2)c1.Cc1noc(-c2cc(-c3cc(S(=O)(=O)NOC(C)C)ccc3C)cnc2N)n1. The number of pyridine rings is 2. The number of nitrogen functional groups attached to an aromatic ring is 2. The van der Waals surface area contributed by atoms with Gasteiger partial charge in [0.15, 0.2) is 11.6 Å². The molecule has 0 radical (unpaired) electrons. The Bertz CT molecular complexity index is 2520. The third-order valence-corrected chi connectivity index (χ3v) is 10.1. The predicted molar refractivity (Wildman–Crippen MR) is 198 cm³/mol. The van der Waals surface area contributed by atoms with Crippen LogP contribution in [-0.4, -0.2) is 60.3 Å². The second kappa shape index (κ2) is 16.2. The topological polar surface area (TPSA) is 266 Å². The van der Waals surface area contributed by atoms with Gasteiger partial charge in [-0.15, -0.1) is 0 Å². The Kier molecular flexibility index (Phi) is 11.8. The van der Waals surface area contributed by atoms with E-state index in [4.69, 9.17) is 25.4 Å². The maximum absolute atomic E-state index is 12.5. The summed E-state index contributed by atoms with van der Waals surface area (Å²) in [5.74, 6) is 1.91. The molecule has 0 bridgehead atoms. The zero-order valence-corrected chi connectivity index (χ0v) is 31.9. The molecule has 0 saturated heterocycles. The van der Waals surface area contributed by atoms with Crippen molar-refractivity contribution >= 4 is 31.7 Å². The molecule has 0 aliphatic rings. The second-order valence-electron chi connectivity index (χ2n) is 12.1. The van der Waals surface area contributed by atoms with Crippen LogP contribution in [-0.2, 0) is 29.7 Å². The van der Waals surface area contributed by atoms with Gasteiger partial charge >= 0.3 is 0 Å². The van der Waals surface area contributed by atoms with Gasteiger partial charge in [0.2, 0.25) is 0 Å². The number of aryl methyl sites for hydroxylation is 4. The molecule has 6 aromatic rings. The fourth-order valence-electron chi connectivity index (χ4n) is 4.92. The number of sulfonamides is 2. The number of nitrogens with one attached hydrogen (secondary N) is 2. The van der Waals surface area contributed by atoms with Gasteiger partial charge in [-0.1, -0.05) is 32.2 Å². The first-order chi connectivity index (χ1) is 25.5. The van der Waals surface area contributed by atoms with E-state index >= 15 is 0 Å². The van der Waals surface area contributed by atoms with Crippen LogP contribution in [0.2, 0.25) is 0 Å². The molecule has 0 spiro atoms. The van der Waals surface area contributed by atoms with E-state index in [1.165, 1.54) is 25.3 Å². The first-order valence-electron chi connectivity index (χ1n) is 16.1. The van der Waals surface area contributed by atoms with Gasteiger partial charge in [-0.2, -0.15) is 9.97 Å². The lowest BCUT2D eigenvalue weighted by atomic mass is 10.0. The maximum atomic E-state index is 12.5. The molecule has 0 aliphatic heterocycles. The van der Waals surface area contributed by atoms with E-state index in [0.29, 0.717) is 45.0 Å². The fourth-order valence-corrected chi connectivity index (χ4v) is 6.70. The number of rotatable bonds is 11. The number of benzene rings is 2. The van der Waals surface area contributed by atoms with E-state index in [1.807, 2.05) is 18.7 Å². The molecule has 0 saturated carbocycles. The van der Waals surface area contributed by atoms with Crippen LogP contribution in [0.4, 0.5) is 11.6 Å². The van der Waals surface area contributed by atoms with Gasteiger partial charge in [-0.3, -0.25) is 9.68 Å². The molecule has 0 unspecified atom stereocenters. The molecule has 54 heavy (non-hydrogen) atoms. The largest absolute Gasteiger partial charge is 0.383 e. The standard InChI is InChI=1S/C18H21N5O4S.C16H17N5O4S/c1-10(2)26-23-28(24,25)14-6-5-11(3)15(8-14)13-7-16(17(19)20-9-13)18-21-12(4)22-27-18;1-9-4-5-12(26(22,23)21-24-3)7-13(9)11-6-14(15(17)18-8-11)16-19-10(2)20-25-16/h5-10,23H,1-4H3,(H2,19,20);4-8,21H,1-3H3,(H2,17,18). The van der Waals surface area contributed by atoms with Gasteiger partial charge in [-0.05, 0) is 100 Å². The van der Waals surface area contributed by atoms with Crippen molar-refractivity contribution in [1.82, 2.24) is 40.0 Å². The molecule has 18 nitrogen and oxygen atoms in total. The number of anilines is 2. The molecule has 284 valence electrons. The summed E-state index contributed by atoms with van der Waals surface area (Å²) in [5, 5.41) is 7.51. The van der Waals surface area contributed by atoms with Gasteiger partial charge in [0.25, 0.3) is 31.8 Å². The predicted octanol–water partition coefficient (Wildman–Crippen LogP) is 4.45. The molecule has 20 heteroatoms. The second-order valence-corrected chi connectivity index (χ2v) is 15.4. The number of nitrogens with zero attached hydrogens (tertiary/aromatic N) is 6. The molecule has 0 fully saturated rings. The number of hydrogen-bond acceptors (Lipinski definition) is 16. The molecular weight excluding hydrogens is 741 g/mol. The smallest absolute Gasteiger partial charge is 0.262 e. The fraction of sp³-hybridized carbons (Fsp3) is 0.235. The van der Waals surface area contributed by atoms with E-state index in [9.17, 15) is 16.8 Å². The van der Waals surface area contributed by atoms with Crippen LogP contribution >= 0.6 is 0 Å². The van der Waals surface area contributed by atoms with Crippen molar-refractivity contribution in [3.8, 4) is 45.2 Å². The highest BCUT2D eigenvalue weighted by molar-refractivity contribution is 7.89. The van der Waals surface area contributed by atoms with Gasteiger partial charge < -0.3 is 20.5 Å². The Morgan fingerprint density at radius 2 is 1.07 bits per heavy atom. The lowest BCUT2D eigenvalue weighted by Crippen LogP contribution is -2.27. The van der Waals surface area contributed by atoms with Crippen molar-refractivity contribution in [1.29, 1.82) is 0 Å². The van der Waals surface area contributed by atoms with Crippen molar-refractivity contribution in [3.63, 3.8) is 0 Å². The Balaban J connectivity index is 0.000000208. The van der Waals surface area contributed by atoms with Crippen LogP contribution < -0.4 is 21.2 Å². The summed E-state index contributed by atoms with van der Waals surface area (Å²) in [7, 11) is -6.38. The number of aromatic nitrogens is 6. The highest BCUT2D eigenvalue weighted by atomic mass is 32.2. The van der Waals surface area contributed by atoms with E-state index in [2.05, 4.69) is 40.0 Å². The van der Waals surface area contributed by atoms with Crippen molar-refractivity contribution in [2.75, 3.05) is 18.6 Å². The highest BCUT2D eigenvalue weighted by Crippen LogP contribution is 2.33. The van der Waals surface area contributed by atoms with Crippen LogP contribution in [0.15, 0.2) is 79.8 Å². The van der Waals surface area contributed by atoms with E-state index in [-0.39, 0.29) is 39.3 Å². The lowest BCUT2D eigenvalue weighted by molar-refractivity contribution is 0.0409. The van der Waals surface area contributed by atoms with Crippen LogP contribution in [0.5, 0.6) is 0 Å². The third-order valence-electron chi connectivity index (χ3n) is 7.60. The summed E-state index contributed by atoms with van der Waals surface area (Å²) >= 11 is 0. The van der Waals surface area contributed by atoms with Crippen LogP contribution in [0.3, 0.4) is 0 Å². The molecule has 0 atom stereocenters. The third kappa shape index (κ3) is 9.10. The minimum Gasteiger partial charge on any atom is -0.383 e. The molecule has 6 rings (SSSR count). The summed E-state index contributed by atoms with van der Waals surface area (Å²) in [6, 6.07) is 13.0. The summed E-state index contributed by atoms with van der Waals surface area (Å²) < 4.78 is 59.6. The molecule has 2 aromatic carbocycles. The molecule has 6 N–H and O–H groups in total. The van der Waals surface area contributed by atoms with Gasteiger partial charge in [0.1, 0.15) is 11.6 Å². The molecular formula is C34H38N10O8S2. The van der Waals surface area contributed by atoms with Gasteiger partial charge in [0, 0.05) is 23.5 Å².